The molecule has 1 aromatic heterocycles. The Balaban J connectivity index is 1.59. The quantitative estimate of drug-likeness (QED) is 0.666. The highest BCUT2D eigenvalue weighted by molar-refractivity contribution is 5.99. The number of carbonyl (C=O) groups is 3. The van der Waals surface area contributed by atoms with Crippen LogP contribution in [0.15, 0.2) is 18.2 Å². The van der Waals surface area contributed by atoms with Gasteiger partial charge in [0.1, 0.15) is 5.69 Å². The van der Waals surface area contributed by atoms with Gasteiger partial charge in [0.2, 0.25) is 6.79 Å². The van der Waals surface area contributed by atoms with E-state index in [4.69, 9.17) is 18.9 Å². The molecule has 3 rings (SSSR count). The Labute approximate surface area is 173 Å². The third kappa shape index (κ3) is 4.40. The average Bonchev–Trinajstić information content (AvgIpc) is 3.29. The molecule has 9 nitrogen and oxygen atoms in total. The number of fused-ring (bicyclic) bond motifs is 1. The molecule has 0 radical (unpaired) electrons. The van der Waals surface area contributed by atoms with Gasteiger partial charge >= 0.3 is 11.9 Å². The van der Waals surface area contributed by atoms with E-state index in [1.54, 1.807) is 32.9 Å². The van der Waals surface area contributed by atoms with Gasteiger partial charge in [-0.2, -0.15) is 0 Å². The number of hydrogen-bond donors (Lipinski definition) is 2. The van der Waals surface area contributed by atoms with E-state index in [1.165, 1.54) is 6.92 Å². The fourth-order valence-electron chi connectivity index (χ4n) is 3.12. The molecule has 30 heavy (non-hydrogen) atoms. The van der Waals surface area contributed by atoms with Crippen molar-refractivity contribution >= 4 is 17.8 Å². The molecule has 0 unspecified atom stereocenters. The number of nitrogens with one attached hydrogen (secondary N) is 2. The zero-order valence-corrected chi connectivity index (χ0v) is 17.3. The molecule has 0 saturated carbocycles. The molecule has 1 aromatic carbocycles. The Bertz CT molecular complexity index is 980. The Morgan fingerprint density at radius 1 is 1.17 bits per heavy atom. The topological polar surface area (TPSA) is 116 Å². The summed E-state index contributed by atoms with van der Waals surface area (Å²) in [5.74, 6) is -0.413. The van der Waals surface area contributed by atoms with Crippen molar-refractivity contribution < 1.29 is 33.3 Å². The number of aryl methyl sites for hydroxylation is 1. The van der Waals surface area contributed by atoms with Crippen LogP contribution in [0.1, 0.15) is 51.5 Å². The second-order valence-electron chi connectivity index (χ2n) is 6.80. The fraction of sp³-hybridized carbons (Fsp3) is 0.381. The molecule has 1 amide bonds. The summed E-state index contributed by atoms with van der Waals surface area (Å²) < 4.78 is 20.8. The largest absolute Gasteiger partial charge is 0.462 e. The van der Waals surface area contributed by atoms with Crippen LogP contribution in [0.5, 0.6) is 11.5 Å². The lowest BCUT2D eigenvalue weighted by Crippen LogP contribution is -2.35. The summed E-state index contributed by atoms with van der Waals surface area (Å²) in [6.45, 7) is 7.11. The van der Waals surface area contributed by atoms with Crippen molar-refractivity contribution in [1.82, 2.24) is 10.3 Å². The third-order valence-electron chi connectivity index (χ3n) is 4.68. The van der Waals surface area contributed by atoms with Crippen LogP contribution in [0.2, 0.25) is 0 Å². The summed E-state index contributed by atoms with van der Waals surface area (Å²) in [6, 6.07) is 5.36. The van der Waals surface area contributed by atoms with Crippen LogP contribution < -0.4 is 14.8 Å². The fourth-order valence-corrected chi connectivity index (χ4v) is 3.12. The summed E-state index contributed by atoms with van der Waals surface area (Å²) in [6.07, 6.45) is -1.03. The predicted molar refractivity (Wildman–Crippen MR) is 106 cm³/mol. The van der Waals surface area contributed by atoms with Gasteiger partial charge in [-0.3, -0.25) is 4.79 Å². The first-order chi connectivity index (χ1) is 14.3. The molecule has 0 fully saturated rings. The van der Waals surface area contributed by atoms with Crippen molar-refractivity contribution in [1.29, 1.82) is 0 Å². The number of aromatic nitrogens is 1. The van der Waals surface area contributed by atoms with Crippen LogP contribution >= 0.6 is 0 Å². The molecule has 9 heteroatoms. The lowest BCUT2D eigenvalue weighted by molar-refractivity contribution is -0.129. The average molecular weight is 416 g/mol. The maximum Gasteiger partial charge on any atom is 0.355 e. The Morgan fingerprint density at radius 2 is 1.90 bits per heavy atom. The van der Waals surface area contributed by atoms with Crippen molar-refractivity contribution in [2.75, 3.05) is 13.4 Å². The number of aromatic amines is 1. The molecule has 2 heterocycles. The minimum absolute atomic E-state index is 0.117. The van der Waals surface area contributed by atoms with Crippen LogP contribution in [0, 0.1) is 13.8 Å². The van der Waals surface area contributed by atoms with Gasteiger partial charge in [0.25, 0.3) is 5.91 Å². The molecule has 0 spiro atoms. The SMILES string of the molecule is CCOC(=O)c1c(C)[nH]c(C(=O)O[C@H](C)C(=O)NCc2ccc3c(c2)OCO3)c1C. The van der Waals surface area contributed by atoms with E-state index in [-0.39, 0.29) is 25.6 Å². The molecule has 0 aliphatic carbocycles. The van der Waals surface area contributed by atoms with E-state index in [0.29, 0.717) is 28.3 Å². The van der Waals surface area contributed by atoms with Crippen molar-refractivity contribution in [2.24, 2.45) is 0 Å². The molecule has 2 N–H and O–H groups in total. The van der Waals surface area contributed by atoms with E-state index in [0.717, 1.165) is 5.56 Å². The van der Waals surface area contributed by atoms with E-state index >= 15 is 0 Å². The van der Waals surface area contributed by atoms with Crippen molar-refractivity contribution in [2.45, 2.75) is 40.3 Å². The smallest absolute Gasteiger partial charge is 0.355 e. The van der Waals surface area contributed by atoms with Crippen LogP contribution in [0.25, 0.3) is 0 Å². The first-order valence-electron chi connectivity index (χ1n) is 9.55. The standard InChI is InChI=1S/C21H24N2O7/c1-5-27-20(25)17-11(2)18(23-12(17)3)21(26)30-13(4)19(24)22-9-14-6-7-15-16(8-14)29-10-28-15/h6-8,13,23H,5,9-10H2,1-4H3,(H,22,24)/t13-/m1/s1. The Hall–Kier alpha value is -3.49. The molecular weight excluding hydrogens is 392 g/mol. The predicted octanol–water partition coefficient (Wildman–Crippen LogP) is 2.40. The maximum atomic E-state index is 12.5. The van der Waals surface area contributed by atoms with Crippen molar-refractivity contribution in [3.63, 3.8) is 0 Å². The van der Waals surface area contributed by atoms with E-state index < -0.39 is 23.9 Å². The van der Waals surface area contributed by atoms with E-state index in [2.05, 4.69) is 10.3 Å². The number of esters is 2. The summed E-state index contributed by atoms with van der Waals surface area (Å²) >= 11 is 0. The Morgan fingerprint density at radius 3 is 2.63 bits per heavy atom. The number of hydrogen-bond acceptors (Lipinski definition) is 7. The number of carbonyl (C=O) groups excluding carboxylic acids is 3. The van der Waals surface area contributed by atoms with Gasteiger partial charge < -0.3 is 29.2 Å². The summed E-state index contributed by atoms with van der Waals surface area (Å²) in [5.41, 5.74) is 2.15. The monoisotopic (exact) mass is 416 g/mol. The number of H-pyrrole nitrogens is 1. The van der Waals surface area contributed by atoms with Gasteiger partial charge in [-0.25, -0.2) is 9.59 Å². The molecule has 0 saturated heterocycles. The molecule has 0 bridgehead atoms. The second-order valence-corrected chi connectivity index (χ2v) is 6.80. The van der Waals surface area contributed by atoms with Gasteiger partial charge in [0.05, 0.1) is 12.2 Å². The second kappa shape index (κ2) is 8.89. The van der Waals surface area contributed by atoms with Crippen LogP contribution in [0.3, 0.4) is 0 Å². The lowest BCUT2D eigenvalue weighted by atomic mass is 10.1. The first kappa shape index (κ1) is 21.2. The number of amides is 1. The maximum absolute atomic E-state index is 12.5. The highest BCUT2D eigenvalue weighted by Gasteiger charge is 2.26. The summed E-state index contributed by atoms with van der Waals surface area (Å²) in [5, 5.41) is 2.72. The number of benzene rings is 1. The van der Waals surface area contributed by atoms with E-state index in [1.807, 2.05) is 6.07 Å². The zero-order chi connectivity index (χ0) is 21.8. The number of rotatable bonds is 7. The van der Waals surface area contributed by atoms with Crippen molar-refractivity contribution in [3.05, 3.63) is 46.3 Å². The normalized spacial score (nSPS) is 12.9. The van der Waals surface area contributed by atoms with Crippen LogP contribution in [0.4, 0.5) is 0 Å². The minimum Gasteiger partial charge on any atom is -0.462 e. The molecule has 1 atom stereocenters. The summed E-state index contributed by atoms with van der Waals surface area (Å²) in [4.78, 5) is 39.8. The molecule has 2 aromatic rings. The number of ether oxygens (including phenoxy) is 4. The first-order valence-corrected chi connectivity index (χ1v) is 9.55. The van der Waals surface area contributed by atoms with Gasteiger partial charge in [-0.05, 0) is 51.0 Å². The van der Waals surface area contributed by atoms with Gasteiger partial charge in [0, 0.05) is 12.2 Å². The third-order valence-corrected chi connectivity index (χ3v) is 4.68. The highest BCUT2D eigenvalue weighted by atomic mass is 16.7. The van der Waals surface area contributed by atoms with Gasteiger partial charge in [0.15, 0.2) is 17.6 Å². The van der Waals surface area contributed by atoms with Gasteiger partial charge in [-0.15, -0.1) is 0 Å². The summed E-state index contributed by atoms with van der Waals surface area (Å²) in [7, 11) is 0. The molecule has 1 aliphatic rings. The molecular formula is C21H24N2O7. The molecule has 1 aliphatic heterocycles. The lowest BCUT2D eigenvalue weighted by Gasteiger charge is -2.13. The Kier molecular flexibility index (Phi) is 6.29. The zero-order valence-electron chi connectivity index (χ0n) is 17.3. The van der Waals surface area contributed by atoms with Crippen LogP contribution in [-0.4, -0.2) is 42.3 Å². The highest BCUT2D eigenvalue weighted by Crippen LogP contribution is 2.32. The van der Waals surface area contributed by atoms with Crippen LogP contribution in [-0.2, 0) is 20.8 Å². The van der Waals surface area contributed by atoms with Crippen molar-refractivity contribution in [3.8, 4) is 11.5 Å². The molecule has 160 valence electrons. The van der Waals surface area contributed by atoms with Gasteiger partial charge in [-0.1, -0.05) is 6.07 Å². The van der Waals surface area contributed by atoms with E-state index in [9.17, 15) is 14.4 Å². The minimum atomic E-state index is -1.03.